The van der Waals surface area contributed by atoms with E-state index >= 15 is 0 Å². The van der Waals surface area contributed by atoms with Crippen molar-refractivity contribution >= 4 is 6.09 Å². The van der Waals surface area contributed by atoms with Gasteiger partial charge < -0.3 is 35.4 Å². The van der Waals surface area contributed by atoms with Crippen LogP contribution in [0.3, 0.4) is 0 Å². The highest BCUT2D eigenvalue weighted by Gasteiger charge is 2.36. The van der Waals surface area contributed by atoms with Gasteiger partial charge in [-0.1, -0.05) is 0 Å². The standard InChI is InChI=1S/C12H23NO4.C7H15NO2/c1-11(2,3)17-10(16)13-6-4-12(8-14,9-15)5-7-13;9-5-7(6-10)1-3-8-4-2-7/h14-15H,4-9H2,1-3H3;8-10H,1-6H2. The summed E-state index contributed by atoms with van der Waals surface area (Å²) in [6.07, 6.45) is 2.68. The quantitative estimate of drug-likeness (QED) is 0.469. The predicted molar refractivity (Wildman–Crippen MR) is 102 cm³/mol. The Bertz CT molecular complexity index is 426. The van der Waals surface area contributed by atoms with E-state index < -0.39 is 11.0 Å². The number of carbonyl (C=O) groups excluding carboxylic acids is 1. The number of carbonyl (C=O) groups is 1. The molecule has 27 heavy (non-hydrogen) atoms. The van der Waals surface area contributed by atoms with Gasteiger partial charge >= 0.3 is 6.09 Å². The lowest BCUT2D eigenvalue weighted by Gasteiger charge is -2.39. The second-order valence-electron chi connectivity index (χ2n) is 8.85. The van der Waals surface area contributed by atoms with Crippen LogP contribution in [-0.4, -0.2) is 89.6 Å². The summed E-state index contributed by atoms with van der Waals surface area (Å²) in [7, 11) is 0. The van der Waals surface area contributed by atoms with E-state index in [1.807, 2.05) is 20.8 Å². The Balaban J connectivity index is 0.000000309. The van der Waals surface area contributed by atoms with Gasteiger partial charge in [0.05, 0.1) is 26.4 Å². The van der Waals surface area contributed by atoms with Crippen LogP contribution >= 0.6 is 0 Å². The Labute approximate surface area is 162 Å². The molecule has 5 N–H and O–H groups in total. The largest absolute Gasteiger partial charge is 0.444 e. The Hall–Kier alpha value is -0.930. The average molecular weight is 391 g/mol. The number of likely N-dealkylation sites (tertiary alicyclic amines) is 1. The SMILES string of the molecule is CC(C)(C)OC(=O)N1CCC(CO)(CO)CC1.OCC1(CO)CCNCC1. The van der Waals surface area contributed by atoms with Crippen molar-refractivity contribution in [3.05, 3.63) is 0 Å². The van der Waals surface area contributed by atoms with Gasteiger partial charge in [-0.3, -0.25) is 0 Å². The van der Waals surface area contributed by atoms with Gasteiger partial charge in [-0.15, -0.1) is 0 Å². The van der Waals surface area contributed by atoms with Crippen LogP contribution in [0.2, 0.25) is 0 Å². The van der Waals surface area contributed by atoms with Gasteiger partial charge in [0.25, 0.3) is 0 Å². The number of nitrogens with zero attached hydrogens (tertiary/aromatic N) is 1. The van der Waals surface area contributed by atoms with Gasteiger partial charge in [0.2, 0.25) is 0 Å². The van der Waals surface area contributed by atoms with Gasteiger partial charge in [-0.05, 0) is 59.5 Å². The molecule has 0 unspecified atom stereocenters. The number of aliphatic hydroxyl groups excluding tert-OH is 4. The van der Waals surface area contributed by atoms with Crippen molar-refractivity contribution in [3.8, 4) is 0 Å². The Morgan fingerprint density at radius 3 is 1.63 bits per heavy atom. The van der Waals surface area contributed by atoms with Crippen molar-refractivity contribution in [3.63, 3.8) is 0 Å². The summed E-state index contributed by atoms with van der Waals surface area (Å²) < 4.78 is 5.27. The van der Waals surface area contributed by atoms with Gasteiger partial charge in [-0.2, -0.15) is 0 Å². The Morgan fingerprint density at radius 1 is 0.889 bits per heavy atom. The number of piperidine rings is 2. The lowest BCUT2D eigenvalue weighted by Crippen LogP contribution is -2.47. The Kier molecular flexibility index (Phi) is 9.44. The number of amides is 1. The molecule has 0 atom stereocenters. The van der Waals surface area contributed by atoms with E-state index in [1.165, 1.54) is 0 Å². The lowest BCUT2D eigenvalue weighted by atomic mass is 9.80. The van der Waals surface area contributed by atoms with E-state index in [0.717, 1.165) is 25.9 Å². The molecule has 0 aliphatic carbocycles. The third-order valence-corrected chi connectivity index (χ3v) is 5.48. The molecule has 0 aromatic carbocycles. The first-order valence-corrected chi connectivity index (χ1v) is 9.77. The zero-order valence-electron chi connectivity index (χ0n) is 17.0. The number of hydrogen-bond acceptors (Lipinski definition) is 7. The van der Waals surface area contributed by atoms with Crippen molar-refractivity contribution in [1.82, 2.24) is 10.2 Å². The molecule has 2 aliphatic rings. The highest BCUT2D eigenvalue weighted by Crippen LogP contribution is 2.31. The molecule has 2 rings (SSSR count). The smallest absolute Gasteiger partial charge is 0.410 e. The molecule has 2 fully saturated rings. The second kappa shape index (κ2) is 10.6. The molecular weight excluding hydrogens is 352 g/mol. The molecule has 0 saturated carbocycles. The first kappa shape index (κ1) is 24.1. The highest BCUT2D eigenvalue weighted by molar-refractivity contribution is 5.68. The number of hydrogen-bond donors (Lipinski definition) is 5. The summed E-state index contributed by atoms with van der Waals surface area (Å²) in [5.74, 6) is 0. The van der Waals surface area contributed by atoms with E-state index in [1.54, 1.807) is 4.90 Å². The number of aliphatic hydroxyl groups is 4. The number of rotatable bonds is 4. The van der Waals surface area contributed by atoms with Crippen molar-refractivity contribution in [1.29, 1.82) is 0 Å². The maximum absolute atomic E-state index is 11.8. The molecule has 160 valence electrons. The summed E-state index contributed by atoms with van der Waals surface area (Å²) in [6.45, 7) is 8.55. The minimum atomic E-state index is -0.487. The minimum Gasteiger partial charge on any atom is -0.444 e. The summed E-state index contributed by atoms with van der Waals surface area (Å²) in [4.78, 5) is 13.4. The van der Waals surface area contributed by atoms with Crippen molar-refractivity contribution < 1.29 is 30.0 Å². The van der Waals surface area contributed by atoms with Gasteiger partial charge in [-0.25, -0.2) is 4.79 Å². The van der Waals surface area contributed by atoms with Crippen LogP contribution in [0.1, 0.15) is 46.5 Å². The predicted octanol–water partition coefficient (Wildman–Crippen LogP) is 0.329. The Morgan fingerprint density at radius 2 is 1.30 bits per heavy atom. The third kappa shape index (κ3) is 7.54. The number of nitrogens with one attached hydrogen (secondary N) is 1. The lowest BCUT2D eigenvalue weighted by molar-refractivity contribution is -0.0190. The van der Waals surface area contributed by atoms with E-state index in [4.69, 9.17) is 14.9 Å². The van der Waals surface area contributed by atoms with Crippen molar-refractivity contribution in [2.24, 2.45) is 10.8 Å². The molecular formula is C19H38N2O6. The van der Waals surface area contributed by atoms with Crippen molar-refractivity contribution in [2.75, 3.05) is 52.6 Å². The fraction of sp³-hybridized carbons (Fsp3) is 0.947. The zero-order chi connectivity index (χ0) is 20.6. The molecule has 2 aliphatic heterocycles. The molecule has 0 spiro atoms. The maximum atomic E-state index is 11.8. The summed E-state index contributed by atoms with van der Waals surface area (Å²) >= 11 is 0. The van der Waals surface area contributed by atoms with E-state index in [9.17, 15) is 15.0 Å². The third-order valence-electron chi connectivity index (χ3n) is 5.48. The molecule has 0 aromatic rings. The molecule has 8 nitrogen and oxygen atoms in total. The number of ether oxygens (including phenoxy) is 1. The fourth-order valence-electron chi connectivity index (χ4n) is 3.18. The summed E-state index contributed by atoms with van der Waals surface area (Å²) in [5, 5.41) is 39.6. The van der Waals surface area contributed by atoms with Crippen LogP contribution < -0.4 is 5.32 Å². The van der Waals surface area contributed by atoms with Crippen LogP contribution in [0.15, 0.2) is 0 Å². The van der Waals surface area contributed by atoms with E-state index in [0.29, 0.717) is 25.9 Å². The van der Waals surface area contributed by atoms with Crippen LogP contribution in [0, 0.1) is 10.8 Å². The van der Waals surface area contributed by atoms with Gasteiger partial charge in [0.15, 0.2) is 0 Å². The monoisotopic (exact) mass is 390 g/mol. The van der Waals surface area contributed by atoms with Gasteiger partial charge in [0, 0.05) is 23.9 Å². The fourth-order valence-corrected chi connectivity index (χ4v) is 3.18. The average Bonchev–Trinajstić information content (AvgIpc) is 2.67. The summed E-state index contributed by atoms with van der Waals surface area (Å²) in [5.41, 5.74) is -1.11. The molecule has 2 saturated heterocycles. The van der Waals surface area contributed by atoms with Gasteiger partial charge in [0.1, 0.15) is 5.60 Å². The van der Waals surface area contributed by atoms with E-state index in [2.05, 4.69) is 5.32 Å². The minimum absolute atomic E-state index is 0.0361. The first-order chi connectivity index (χ1) is 12.6. The summed E-state index contributed by atoms with van der Waals surface area (Å²) in [6, 6.07) is 0. The molecule has 2 heterocycles. The molecule has 0 aromatic heterocycles. The van der Waals surface area contributed by atoms with E-state index in [-0.39, 0.29) is 37.9 Å². The van der Waals surface area contributed by atoms with Crippen LogP contribution in [0.25, 0.3) is 0 Å². The van der Waals surface area contributed by atoms with Crippen LogP contribution in [-0.2, 0) is 4.74 Å². The first-order valence-electron chi connectivity index (χ1n) is 9.77. The normalized spacial score (nSPS) is 21.8. The molecule has 1 amide bonds. The van der Waals surface area contributed by atoms with Crippen molar-refractivity contribution in [2.45, 2.75) is 52.1 Å². The topological polar surface area (TPSA) is 122 Å². The van der Waals surface area contributed by atoms with Crippen LogP contribution in [0.4, 0.5) is 4.79 Å². The molecule has 0 bridgehead atoms. The zero-order valence-corrected chi connectivity index (χ0v) is 17.0. The second-order valence-corrected chi connectivity index (χ2v) is 8.85. The maximum Gasteiger partial charge on any atom is 0.410 e. The highest BCUT2D eigenvalue weighted by atomic mass is 16.6. The van der Waals surface area contributed by atoms with Crippen LogP contribution in [0.5, 0.6) is 0 Å². The molecule has 0 radical (unpaired) electrons. The molecule has 8 heteroatoms.